The Hall–Kier alpha value is -5.02. The Morgan fingerprint density at radius 3 is 2.36 bits per heavy atom. The van der Waals surface area contributed by atoms with E-state index in [1.54, 1.807) is 36.2 Å². The monoisotopic (exact) mass is 633 g/mol. The van der Waals surface area contributed by atoms with Gasteiger partial charge >= 0.3 is 0 Å². The molecule has 1 heterocycles. The average Bonchev–Trinajstić information content (AvgIpc) is 3.09. The van der Waals surface area contributed by atoms with E-state index in [4.69, 9.17) is 4.84 Å². The van der Waals surface area contributed by atoms with Gasteiger partial charge in [-0.2, -0.15) is 0 Å². The van der Waals surface area contributed by atoms with Crippen molar-refractivity contribution in [1.29, 1.82) is 0 Å². The van der Waals surface area contributed by atoms with Gasteiger partial charge in [0.2, 0.25) is 5.91 Å². The number of anilines is 1. The first-order valence-electron chi connectivity index (χ1n) is 16.1. The summed E-state index contributed by atoms with van der Waals surface area (Å²) in [6.07, 6.45) is 6.73. The summed E-state index contributed by atoms with van der Waals surface area (Å²) in [6.45, 7) is 7.59. The lowest BCUT2D eigenvalue weighted by atomic mass is 9.97. The van der Waals surface area contributed by atoms with E-state index in [2.05, 4.69) is 22.4 Å². The van der Waals surface area contributed by atoms with E-state index >= 15 is 0 Å². The molecule has 9 heteroatoms. The molecule has 0 bridgehead atoms. The van der Waals surface area contributed by atoms with Crippen molar-refractivity contribution in [2.45, 2.75) is 32.7 Å². The van der Waals surface area contributed by atoms with Crippen LogP contribution < -0.4 is 5.32 Å². The molecule has 0 saturated carbocycles. The van der Waals surface area contributed by atoms with E-state index in [1.807, 2.05) is 85.5 Å². The Morgan fingerprint density at radius 1 is 0.936 bits per heavy atom. The number of allylic oxidation sites excluding steroid dienone is 2. The van der Waals surface area contributed by atoms with Crippen molar-refractivity contribution in [3.63, 3.8) is 0 Å². The van der Waals surface area contributed by atoms with Gasteiger partial charge in [-0.1, -0.05) is 71.4 Å². The molecule has 3 aromatic rings. The van der Waals surface area contributed by atoms with Crippen LogP contribution in [-0.4, -0.2) is 91.1 Å². The molecule has 0 spiro atoms. The fraction of sp³-hybridized carbons (Fsp3) is 0.316. The van der Waals surface area contributed by atoms with Gasteiger partial charge in [0.25, 0.3) is 11.8 Å². The Labute approximate surface area is 277 Å². The Morgan fingerprint density at radius 2 is 1.64 bits per heavy atom. The Kier molecular flexibility index (Phi) is 11.0. The minimum absolute atomic E-state index is 0.145. The van der Waals surface area contributed by atoms with E-state index in [0.717, 1.165) is 48.4 Å². The number of likely N-dealkylation sites (N-methyl/N-ethyl adjacent to an activating group) is 2. The number of nitrogens with one attached hydrogen (secondary N) is 1. The van der Waals surface area contributed by atoms with Crippen LogP contribution in [0.25, 0.3) is 11.1 Å². The maximum atomic E-state index is 13.5. The number of rotatable bonds is 10. The normalized spacial score (nSPS) is 17.3. The number of carbonyl (C=O) groups excluding carboxylic acids is 3. The molecular weight excluding hydrogens is 590 g/mol. The average molecular weight is 634 g/mol. The maximum Gasteiger partial charge on any atom is 0.256 e. The topological polar surface area (TPSA) is 94.5 Å². The summed E-state index contributed by atoms with van der Waals surface area (Å²) < 4.78 is 0. The summed E-state index contributed by atoms with van der Waals surface area (Å²) in [5.41, 5.74) is 6.15. The van der Waals surface area contributed by atoms with E-state index < -0.39 is 6.04 Å². The molecular formula is C38H43N5O4. The smallest absolute Gasteiger partial charge is 0.256 e. The van der Waals surface area contributed by atoms with Gasteiger partial charge in [-0.05, 0) is 74.3 Å². The molecule has 1 aliphatic carbocycles. The number of nitrogens with zero attached hydrogens (tertiary/aromatic N) is 4. The van der Waals surface area contributed by atoms with Crippen molar-refractivity contribution in [3.05, 3.63) is 113 Å². The van der Waals surface area contributed by atoms with Crippen molar-refractivity contribution >= 4 is 29.1 Å². The van der Waals surface area contributed by atoms with Crippen molar-refractivity contribution in [1.82, 2.24) is 14.7 Å². The third kappa shape index (κ3) is 8.42. The number of aryl methyl sites for hydroxylation is 1. The molecule has 1 fully saturated rings. The molecule has 5 rings (SSSR count). The van der Waals surface area contributed by atoms with E-state index in [1.165, 1.54) is 0 Å². The van der Waals surface area contributed by atoms with Crippen LogP contribution >= 0.6 is 0 Å². The van der Waals surface area contributed by atoms with Crippen LogP contribution in [0.15, 0.2) is 102 Å². The molecule has 2 aliphatic rings. The van der Waals surface area contributed by atoms with Gasteiger partial charge in [-0.3, -0.25) is 14.4 Å². The first-order chi connectivity index (χ1) is 22.7. The van der Waals surface area contributed by atoms with Gasteiger partial charge in [-0.25, -0.2) is 0 Å². The first-order valence-corrected chi connectivity index (χ1v) is 16.1. The number of benzene rings is 3. The summed E-state index contributed by atoms with van der Waals surface area (Å²) >= 11 is 0. The van der Waals surface area contributed by atoms with Crippen LogP contribution in [0.4, 0.5) is 5.69 Å². The van der Waals surface area contributed by atoms with Crippen LogP contribution in [0.3, 0.4) is 0 Å². The number of carbonyl (C=O) groups is 3. The Balaban J connectivity index is 1.17. The Bertz CT molecular complexity index is 1670. The van der Waals surface area contributed by atoms with E-state index in [9.17, 15) is 14.4 Å². The highest BCUT2D eigenvalue weighted by Crippen LogP contribution is 2.25. The second-order valence-electron chi connectivity index (χ2n) is 12.1. The second-order valence-corrected chi connectivity index (χ2v) is 12.1. The molecule has 1 unspecified atom stereocenters. The minimum atomic E-state index is -0.419. The van der Waals surface area contributed by atoms with Crippen LogP contribution in [0.2, 0.25) is 0 Å². The zero-order valence-corrected chi connectivity index (χ0v) is 27.6. The van der Waals surface area contributed by atoms with E-state index in [-0.39, 0.29) is 17.7 Å². The molecule has 9 nitrogen and oxygen atoms in total. The standard InChI is InChI=1S/C38H43N5O4/c1-27-14-16-29(17-15-27)32-10-5-6-11-33(32)37(45)39-31-20-18-30(19-21-31)38(46)42(4)34-12-7-9-28(2)36(34)40-47-26-8-13-35(44)43-24-22-41(3)23-25-43/h5-7,9-12,14-21,34H,8,13,22-26H2,1-4H3,(H,39,45). The highest BCUT2D eigenvalue weighted by atomic mass is 16.6. The molecule has 1 saturated heterocycles. The zero-order valence-electron chi connectivity index (χ0n) is 27.6. The number of oxime groups is 1. The SMILES string of the molecule is CC1=CC=CC(N(C)C(=O)c2ccc(NC(=O)c3ccccc3-c3ccc(C)cc3)cc2)C1=NOCCCC(=O)N1CCN(C)CC1. The van der Waals surface area contributed by atoms with Gasteiger partial charge < -0.3 is 24.9 Å². The molecule has 1 aliphatic heterocycles. The second kappa shape index (κ2) is 15.5. The molecule has 1 atom stereocenters. The summed E-state index contributed by atoms with van der Waals surface area (Å²) in [4.78, 5) is 50.7. The predicted octanol–water partition coefficient (Wildman–Crippen LogP) is 5.80. The fourth-order valence-electron chi connectivity index (χ4n) is 5.66. The van der Waals surface area contributed by atoms with Crippen LogP contribution in [0, 0.1) is 6.92 Å². The highest BCUT2D eigenvalue weighted by molar-refractivity contribution is 6.10. The van der Waals surface area contributed by atoms with Crippen LogP contribution in [-0.2, 0) is 9.63 Å². The minimum Gasteiger partial charge on any atom is -0.396 e. The molecule has 0 aromatic heterocycles. The van der Waals surface area contributed by atoms with Gasteiger partial charge in [0.15, 0.2) is 0 Å². The van der Waals surface area contributed by atoms with Gasteiger partial charge in [0.05, 0.1) is 6.04 Å². The summed E-state index contributed by atoms with van der Waals surface area (Å²) in [5, 5.41) is 7.36. The third-order valence-electron chi connectivity index (χ3n) is 8.63. The van der Waals surface area contributed by atoms with Gasteiger partial charge in [-0.15, -0.1) is 0 Å². The molecule has 244 valence electrons. The van der Waals surface area contributed by atoms with Crippen molar-refractivity contribution in [2.24, 2.45) is 5.16 Å². The first kappa shape index (κ1) is 33.3. The maximum absolute atomic E-state index is 13.5. The lowest BCUT2D eigenvalue weighted by Gasteiger charge is -2.32. The summed E-state index contributed by atoms with van der Waals surface area (Å²) in [7, 11) is 3.80. The van der Waals surface area contributed by atoms with E-state index in [0.29, 0.717) is 42.0 Å². The molecule has 47 heavy (non-hydrogen) atoms. The van der Waals surface area contributed by atoms with Crippen LogP contribution in [0.5, 0.6) is 0 Å². The third-order valence-corrected chi connectivity index (χ3v) is 8.63. The molecule has 3 aromatic carbocycles. The predicted molar refractivity (Wildman–Crippen MR) is 186 cm³/mol. The lowest BCUT2D eigenvalue weighted by Crippen LogP contribution is -2.47. The number of hydrogen-bond donors (Lipinski definition) is 1. The summed E-state index contributed by atoms with van der Waals surface area (Å²) in [6, 6.07) is 22.1. The molecule has 0 radical (unpaired) electrons. The highest BCUT2D eigenvalue weighted by Gasteiger charge is 2.27. The number of piperazine rings is 1. The summed E-state index contributed by atoms with van der Waals surface area (Å²) in [5.74, 6) is -0.272. The van der Waals surface area contributed by atoms with Gasteiger partial charge in [0, 0.05) is 56.5 Å². The van der Waals surface area contributed by atoms with Gasteiger partial charge in [0.1, 0.15) is 12.3 Å². The quantitative estimate of drug-likeness (QED) is 0.225. The lowest BCUT2D eigenvalue weighted by molar-refractivity contribution is -0.133. The number of hydrogen-bond acceptors (Lipinski definition) is 6. The molecule has 3 amide bonds. The zero-order chi connectivity index (χ0) is 33.3. The largest absolute Gasteiger partial charge is 0.396 e. The van der Waals surface area contributed by atoms with Crippen molar-refractivity contribution in [2.75, 3.05) is 52.2 Å². The van der Waals surface area contributed by atoms with Crippen molar-refractivity contribution < 1.29 is 19.2 Å². The van der Waals surface area contributed by atoms with Crippen LogP contribution in [0.1, 0.15) is 46.0 Å². The fourth-order valence-corrected chi connectivity index (χ4v) is 5.66. The number of amides is 3. The van der Waals surface area contributed by atoms with Crippen molar-refractivity contribution in [3.8, 4) is 11.1 Å². The molecule has 1 N–H and O–H groups in total.